The van der Waals surface area contributed by atoms with Gasteiger partial charge in [0, 0.05) is 26.8 Å². The maximum atomic E-state index is 11.6. The minimum absolute atomic E-state index is 0.0912. The van der Waals surface area contributed by atoms with Crippen LogP contribution >= 0.6 is 0 Å². The highest BCUT2D eigenvalue weighted by molar-refractivity contribution is 5.96. The molecule has 2 amide bonds. The zero-order valence-corrected chi connectivity index (χ0v) is 12.4. The molecule has 0 saturated carbocycles. The summed E-state index contributed by atoms with van der Waals surface area (Å²) in [6.07, 6.45) is 8.69. The van der Waals surface area contributed by atoms with Crippen LogP contribution in [-0.2, 0) is 14.3 Å². The van der Waals surface area contributed by atoms with Crippen LogP contribution in [0.5, 0.6) is 0 Å². The third kappa shape index (κ3) is 7.94. The molecule has 0 fully saturated rings. The number of allylic oxidation sites excluding steroid dienone is 1. The van der Waals surface area contributed by atoms with Gasteiger partial charge in [0.25, 0.3) is 0 Å². The van der Waals surface area contributed by atoms with Crippen molar-refractivity contribution in [3.63, 3.8) is 0 Å². The second kappa shape index (κ2) is 10.4. The molecule has 0 spiro atoms. The van der Waals surface area contributed by atoms with Crippen LogP contribution in [0.4, 0.5) is 0 Å². The molecular weight excluding hydrogens is 256 g/mol. The third-order valence-corrected chi connectivity index (χ3v) is 3.32. The summed E-state index contributed by atoms with van der Waals surface area (Å²) in [5.41, 5.74) is 1.43. The van der Waals surface area contributed by atoms with Crippen LogP contribution in [0, 0.1) is 0 Å². The topological polar surface area (TPSA) is 67.4 Å². The predicted molar refractivity (Wildman–Crippen MR) is 78.3 cm³/mol. The highest BCUT2D eigenvalue weighted by Gasteiger charge is 2.09. The van der Waals surface area contributed by atoms with Crippen molar-refractivity contribution in [3.8, 4) is 0 Å². The number of amides is 2. The van der Waals surface area contributed by atoms with Gasteiger partial charge in [-0.2, -0.15) is 0 Å². The second-order valence-electron chi connectivity index (χ2n) is 5.08. The standard InChI is InChI=1S/C15H26N2O3/c1-20-11-5-9-16-14(18)12-15(19)17-10-8-13-6-3-2-4-7-13/h6H,2-5,7-12H2,1H3,(H,16,18)(H,17,19). The Hall–Kier alpha value is -1.36. The van der Waals surface area contributed by atoms with E-state index in [1.807, 2.05) is 0 Å². The first-order valence-electron chi connectivity index (χ1n) is 7.42. The van der Waals surface area contributed by atoms with Crippen molar-refractivity contribution in [1.29, 1.82) is 0 Å². The van der Waals surface area contributed by atoms with Crippen molar-refractivity contribution in [2.75, 3.05) is 26.8 Å². The van der Waals surface area contributed by atoms with Crippen molar-refractivity contribution >= 4 is 11.8 Å². The normalized spacial score (nSPS) is 14.6. The molecule has 1 aliphatic rings. The molecule has 0 aromatic carbocycles. The van der Waals surface area contributed by atoms with Crippen LogP contribution in [-0.4, -0.2) is 38.6 Å². The Morgan fingerprint density at radius 1 is 1.20 bits per heavy atom. The van der Waals surface area contributed by atoms with Crippen LogP contribution < -0.4 is 10.6 Å². The number of carbonyl (C=O) groups is 2. The van der Waals surface area contributed by atoms with Gasteiger partial charge in [0.1, 0.15) is 6.42 Å². The van der Waals surface area contributed by atoms with Crippen LogP contribution in [0.1, 0.15) is 44.9 Å². The first-order valence-corrected chi connectivity index (χ1v) is 7.42. The van der Waals surface area contributed by atoms with Crippen molar-refractivity contribution in [2.24, 2.45) is 0 Å². The van der Waals surface area contributed by atoms with Gasteiger partial charge >= 0.3 is 0 Å². The van der Waals surface area contributed by atoms with Gasteiger partial charge in [0.2, 0.25) is 11.8 Å². The Balaban J connectivity index is 2.04. The third-order valence-electron chi connectivity index (χ3n) is 3.32. The van der Waals surface area contributed by atoms with E-state index in [2.05, 4.69) is 16.7 Å². The molecule has 20 heavy (non-hydrogen) atoms. The Labute approximate surface area is 121 Å². The van der Waals surface area contributed by atoms with Gasteiger partial charge in [-0.1, -0.05) is 11.6 Å². The van der Waals surface area contributed by atoms with Crippen molar-refractivity contribution < 1.29 is 14.3 Å². The quantitative estimate of drug-likeness (QED) is 0.383. The van der Waals surface area contributed by atoms with E-state index in [-0.39, 0.29) is 18.2 Å². The number of carbonyl (C=O) groups excluding carboxylic acids is 2. The van der Waals surface area contributed by atoms with E-state index in [9.17, 15) is 9.59 Å². The molecule has 0 saturated heterocycles. The van der Waals surface area contributed by atoms with Gasteiger partial charge in [-0.25, -0.2) is 0 Å². The number of rotatable bonds is 9. The minimum Gasteiger partial charge on any atom is -0.385 e. The summed E-state index contributed by atoms with van der Waals surface area (Å²) in [5, 5.41) is 5.49. The van der Waals surface area contributed by atoms with E-state index < -0.39 is 0 Å². The van der Waals surface area contributed by atoms with Crippen LogP contribution in [0.15, 0.2) is 11.6 Å². The molecule has 0 atom stereocenters. The maximum Gasteiger partial charge on any atom is 0.229 e. The molecule has 2 N–H and O–H groups in total. The largest absolute Gasteiger partial charge is 0.385 e. The lowest BCUT2D eigenvalue weighted by Gasteiger charge is -2.12. The summed E-state index contributed by atoms with van der Waals surface area (Å²) in [7, 11) is 1.62. The minimum atomic E-state index is -0.226. The first kappa shape index (κ1) is 16.7. The molecule has 0 unspecified atom stereocenters. The molecule has 1 aliphatic carbocycles. The Bertz CT molecular complexity index is 340. The Morgan fingerprint density at radius 3 is 2.60 bits per heavy atom. The fourth-order valence-electron chi connectivity index (χ4n) is 2.21. The zero-order valence-electron chi connectivity index (χ0n) is 12.4. The molecule has 0 radical (unpaired) electrons. The fourth-order valence-corrected chi connectivity index (χ4v) is 2.21. The SMILES string of the molecule is COCCCNC(=O)CC(=O)NCCC1=CCCCC1. The van der Waals surface area contributed by atoms with Crippen molar-refractivity contribution in [1.82, 2.24) is 10.6 Å². The maximum absolute atomic E-state index is 11.6. The molecule has 0 aromatic rings. The number of hydrogen-bond acceptors (Lipinski definition) is 3. The number of methoxy groups -OCH3 is 1. The Morgan fingerprint density at radius 2 is 1.95 bits per heavy atom. The van der Waals surface area contributed by atoms with E-state index in [1.165, 1.54) is 18.4 Å². The average Bonchev–Trinajstić information content (AvgIpc) is 2.45. The monoisotopic (exact) mass is 282 g/mol. The van der Waals surface area contributed by atoms with E-state index in [0.29, 0.717) is 19.7 Å². The lowest BCUT2D eigenvalue weighted by Crippen LogP contribution is -2.33. The molecule has 1 rings (SSSR count). The van der Waals surface area contributed by atoms with Gasteiger partial charge in [0.15, 0.2) is 0 Å². The lowest BCUT2D eigenvalue weighted by atomic mass is 9.97. The molecule has 0 heterocycles. The van der Waals surface area contributed by atoms with E-state index in [4.69, 9.17) is 4.74 Å². The highest BCUT2D eigenvalue weighted by Crippen LogP contribution is 2.19. The predicted octanol–water partition coefficient (Wildman–Crippen LogP) is 1.54. The van der Waals surface area contributed by atoms with Crippen LogP contribution in [0.3, 0.4) is 0 Å². The summed E-state index contributed by atoms with van der Waals surface area (Å²) in [6.45, 7) is 1.79. The molecule has 5 nitrogen and oxygen atoms in total. The van der Waals surface area contributed by atoms with Gasteiger partial charge in [-0.15, -0.1) is 0 Å². The zero-order chi connectivity index (χ0) is 14.6. The van der Waals surface area contributed by atoms with E-state index in [1.54, 1.807) is 7.11 Å². The van der Waals surface area contributed by atoms with Crippen molar-refractivity contribution in [3.05, 3.63) is 11.6 Å². The summed E-state index contributed by atoms with van der Waals surface area (Å²) >= 11 is 0. The molecular formula is C15H26N2O3. The van der Waals surface area contributed by atoms with Gasteiger partial charge in [-0.05, 0) is 38.5 Å². The summed E-state index contributed by atoms with van der Waals surface area (Å²) in [6, 6.07) is 0. The first-order chi connectivity index (χ1) is 9.72. The van der Waals surface area contributed by atoms with Crippen LogP contribution in [0.2, 0.25) is 0 Å². The van der Waals surface area contributed by atoms with Gasteiger partial charge in [0.05, 0.1) is 0 Å². The summed E-state index contributed by atoms with van der Waals surface area (Å²) in [4.78, 5) is 23.0. The van der Waals surface area contributed by atoms with Gasteiger partial charge in [-0.3, -0.25) is 9.59 Å². The molecule has 0 aromatic heterocycles. The average molecular weight is 282 g/mol. The number of ether oxygens (including phenoxy) is 1. The number of nitrogens with one attached hydrogen (secondary N) is 2. The second-order valence-corrected chi connectivity index (χ2v) is 5.08. The molecule has 0 aliphatic heterocycles. The van der Waals surface area contributed by atoms with Crippen molar-refractivity contribution in [2.45, 2.75) is 44.9 Å². The molecule has 0 bridgehead atoms. The van der Waals surface area contributed by atoms with E-state index in [0.717, 1.165) is 25.7 Å². The van der Waals surface area contributed by atoms with Crippen LogP contribution in [0.25, 0.3) is 0 Å². The molecule has 5 heteroatoms. The molecule has 114 valence electrons. The van der Waals surface area contributed by atoms with E-state index >= 15 is 0 Å². The summed E-state index contributed by atoms with van der Waals surface area (Å²) in [5.74, 6) is -0.430. The smallest absolute Gasteiger partial charge is 0.229 e. The number of hydrogen-bond donors (Lipinski definition) is 2. The lowest BCUT2D eigenvalue weighted by molar-refractivity contribution is -0.129. The highest BCUT2D eigenvalue weighted by atomic mass is 16.5. The fraction of sp³-hybridized carbons (Fsp3) is 0.733. The van der Waals surface area contributed by atoms with Gasteiger partial charge < -0.3 is 15.4 Å². The Kier molecular flexibility index (Phi) is 8.71. The summed E-state index contributed by atoms with van der Waals surface area (Å²) < 4.78 is 4.88.